The van der Waals surface area contributed by atoms with Crippen molar-refractivity contribution in [3.05, 3.63) is 16.1 Å². The number of carboxylic acids is 1. The molecule has 100 valence electrons. The van der Waals surface area contributed by atoms with Gasteiger partial charge < -0.3 is 10.0 Å². The molecule has 4 nitrogen and oxygen atoms in total. The average molecular weight is 268 g/mol. The number of aromatic carboxylic acids is 1. The van der Waals surface area contributed by atoms with Crippen molar-refractivity contribution in [2.75, 3.05) is 19.6 Å². The Labute approximate surface area is 112 Å². The second-order valence-electron chi connectivity index (χ2n) is 6.00. The molecular weight excluding hydrogens is 248 g/mol. The van der Waals surface area contributed by atoms with E-state index in [9.17, 15) is 4.79 Å². The Morgan fingerprint density at radius 1 is 1.56 bits per heavy atom. The molecule has 2 heterocycles. The highest BCUT2D eigenvalue weighted by Gasteiger charge is 2.35. The Hall–Kier alpha value is -0.940. The summed E-state index contributed by atoms with van der Waals surface area (Å²) in [5, 5.41) is 11.3. The number of hydrogen-bond acceptors (Lipinski definition) is 4. The number of aromatic nitrogens is 1. The molecule has 0 saturated carbocycles. The lowest BCUT2D eigenvalue weighted by molar-refractivity contribution is 0.0259. The van der Waals surface area contributed by atoms with Crippen molar-refractivity contribution < 1.29 is 9.90 Å². The van der Waals surface area contributed by atoms with Crippen molar-refractivity contribution in [2.45, 2.75) is 27.2 Å². The first-order chi connectivity index (χ1) is 8.36. The van der Waals surface area contributed by atoms with Crippen LogP contribution in [0, 0.1) is 11.3 Å². The maximum Gasteiger partial charge on any atom is 0.355 e. The highest BCUT2D eigenvalue weighted by atomic mass is 32.1. The molecule has 18 heavy (non-hydrogen) atoms. The van der Waals surface area contributed by atoms with Crippen molar-refractivity contribution in [3.63, 3.8) is 0 Å². The third kappa shape index (κ3) is 3.09. The Kier molecular flexibility index (Phi) is 3.73. The molecule has 0 aromatic carbocycles. The van der Waals surface area contributed by atoms with Crippen LogP contribution in [0.25, 0.3) is 0 Å². The molecule has 1 N–H and O–H groups in total. The zero-order chi connectivity index (χ0) is 13.3. The molecule has 1 aromatic heterocycles. The zero-order valence-corrected chi connectivity index (χ0v) is 12.0. The normalized spacial score (nSPS) is 17.7. The van der Waals surface area contributed by atoms with E-state index in [4.69, 9.17) is 5.11 Å². The van der Waals surface area contributed by atoms with Crippen LogP contribution < -0.4 is 0 Å². The number of hydrogen-bond donors (Lipinski definition) is 1. The fourth-order valence-electron chi connectivity index (χ4n) is 2.08. The second-order valence-corrected chi connectivity index (χ2v) is 6.95. The van der Waals surface area contributed by atoms with Gasteiger partial charge in [-0.3, -0.25) is 0 Å². The maximum atomic E-state index is 10.7. The lowest BCUT2D eigenvalue weighted by Gasteiger charge is -2.46. The van der Waals surface area contributed by atoms with Crippen LogP contribution in [0.1, 0.15) is 36.3 Å². The summed E-state index contributed by atoms with van der Waals surface area (Å²) in [5.74, 6) is -0.155. The Morgan fingerprint density at radius 2 is 2.22 bits per heavy atom. The van der Waals surface area contributed by atoms with E-state index >= 15 is 0 Å². The van der Waals surface area contributed by atoms with Crippen molar-refractivity contribution in [1.82, 2.24) is 9.88 Å². The van der Waals surface area contributed by atoms with Crippen LogP contribution >= 0.6 is 11.3 Å². The van der Waals surface area contributed by atoms with Crippen LogP contribution in [0.4, 0.5) is 0 Å². The lowest BCUT2D eigenvalue weighted by Crippen LogP contribution is -2.52. The minimum absolute atomic E-state index is 0.172. The molecule has 0 spiro atoms. The van der Waals surface area contributed by atoms with E-state index in [1.54, 1.807) is 5.38 Å². The largest absolute Gasteiger partial charge is 0.476 e. The van der Waals surface area contributed by atoms with E-state index in [1.807, 2.05) is 0 Å². The predicted octanol–water partition coefficient (Wildman–Crippen LogP) is 2.36. The minimum atomic E-state index is -0.936. The molecule has 0 unspecified atom stereocenters. The summed E-state index contributed by atoms with van der Waals surface area (Å²) in [7, 11) is 0. The molecule has 1 aliphatic rings. The Morgan fingerprint density at radius 3 is 2.72 bits per heavy atom. The van der Waals surface area contributed by atoms with Gasteiger partial charge in [0.2, 0.25) is 0 Å². The standard InChI is InChI=1S/C13H20N2O2S/c1-13(2,3)9-6-15(7-9)5-4-11-14-10(8-18-11)12(16)17/h8-9H,4-7H2,1-3H3,(H,16,17). The average Bonchev–Trinajstić information content (AvgIpc) is 2.61. The van der Waals surface area contributed by atoms with Gasteiger partial charge in [-0.15, -0.1) is 11.3 Å². The quantitative estimate of drug-likeness (QED) is 0.911. The van der Waals surface area contributed by atoms with Gasteiger partial charge in [0.25, 0.3) is 0 Å². The number of nitrogens with zero attached hydrogens (tertiary/aromatic N) is 2. The summed E-state index contributed by atoms with van der Waals surface area (Å²) in [4.78, 5) is 17.2. The summed E-state index contributed by atoms with van der Waals surface area (Å²) in [6.07, 6.45) is 0.856. The van der Waals surface area contributed by atoms with Gasteiger partial charge in [-0.2, -0.15) is 0 Å². The van der Waals surface area contributed by atoms with Gasteiger partial charge in [0, 0.05) is 31.4 Å². The molecule has 2 rings (SSSR count). The van der Waals surface area contributed by atoms with Crippen molar-refractivity contribution in [3.8, 4) is 0 Å². The third-order valence-electron chi connectivity index (χ3n) is 3.59. The van der Waals surface area contributed by atoms with Crippen molar-refractivity contribution >= 4 is 17.3 Å². The van der Waals surface area contributed by atoms with Crippen LogP contribution in [0.5, 0.6) is 0 Å². The monoisotopic (exact) mass is 268 g/mol. The second kappa shape index (κ2) is 4.97. The highest BCUT2D eigenvalue weighted by molar-refractivity contribution is 7.09. The van der Waals surface area contributed by atoms with Crippen molar-refractivity contribution in [1.29, 1.82) is 0 Å². The van der Waals surface area contributed by atoms with Gasteiger partial charge in [-0.1, -0.05) is 20.8 Å². The summed E-state index contributed by atoms with van der Waals surface area (Å²) >= 11 is 1.44. The van der Waals surface area contributed by atoms with Crippen LogP contribution in [0.2, 0.25) is 0 Å². The molecule has 1 aliphatic heterocycles. The number of likely N-dealkylation sites (tertiary alicyclic amines) is 1. The van der Waals surface area contributed by atoms with Gasteiger partial charge >= 0.3 is 5.97 Å². The molecule has 0 atom stereocenters. The molecule has 0 aliphatic carbocycles. The van der Waals surface area contributed by atoms with Crippen LogP contribution in [-0.4, -0.2) is 40.6 Å². The summed E-state index contributed by atoms with van der Waals surface area (Å²) in [6, 6.07) is 0. The van der Waals surface area contributed by atoms with Crippen LogP contribution in [-0.2, 0) is 6.42 Å². The molecule has 0 amide bonds. The highest BCUT2D eigenvalue weighted by Crippen LogP contribution is 2.33. The Bertz CT molecular complexity index is 430. The molecular formula is C13H20N2O2S. The number of carboxylic acid groups (broad SMARTS) is 1. The zero-order valence-electron chi connectivity index (χ0n) is 11.1. The van der Waals surface area contributed by atoms with Gasteiger partial charge in [-0.25, -0.2) is 9.78 Å². The van der Waals surface area contributed by atoms with Gasteiger partial charge in [0.05, 0.1) is 5.01 Å². The molecule has 0 bridgehead atoms. The van der Waals surface area contributed by atoms with E-state index in [-0.39, 0.29) is 5.69 Å². The predicted molar refractivity (Wildman–Crippen MR) is 72.2 cm³/mol. The van der Waals surface area contributed by atoms with E-state index in [2.05, 4.69) is 30.7 Å². The molecule has 1 fully saturated rings. The number of thiazole rings is 1. The van der Waals surface area contributed by atoms with Gasteiger partial charge in [-0.05, 0) is 11.3 Å². The first kappa shape index (κ1) is 13.5. The van der Waals surface area contributed by atoms with Gasteiger partial charge in [0.1, 0.15) is 0 Å². The first-order valence-corrected chi connectivity index (χ1v) is 7.14. The fourth-order valence-corrected chi connectivity index (χ4v) is 2.84. The topological polar surface area (TPSA) is 53.4 Å². The molecule has 1 saturated heterocycles. The lowest BCUT2D eigenvalue weighted by atomic mass is 9.76. The minimum Gasteiger partial charge on any atom is -0.476 e. The SMILES string of the molecule is CC(C)(C)C1CN(CCc2nc(C(=O)O)cs2)C1. The van der Waals surface area contributed by atoms with Gasteiger partial charge in [0.15, 0.2) is 5.69 Å². The summed E-state index contributed by atoms with van der Waals surface area (Å²) in [6.45, 7) is 10.2. The Balaban J connectivity index is 1.75. The number of carbonyl (C=O) groups is 1. The summed E-state index contributed by atoms with van der Waals surface area (Å²) < 4.78 is 0. The molecule has 5 heteroatoms. The van der Waals surface area contributed by atoms with Crippen LogP contribution in [0.15, 0.2) is 5.38 Å². The summed E-state index contributed by atoms with van der Waals surface area (Å²) in [5.41, 5.74) is 0.569. The van der Waals surface area contributed by atoms with Crippen LogP contribution in [0.3, 0.4) is 0 Å². The van der Waals surface area contributed by atoms with E-state index < -0.39 is 5.97 Å². The van der Waals surface area contributed by atoms with E-state index in [1.165, 1.54) is 11.3 Å². The smallest absolute Gasteiger partial charge is 0.355 e. The van der Waals surface area contributed by atoms with E-state index in [0.29, 0.717) is 5.41 Å². The third-order valence-corrected chi connectivity index (χ3v) is 4.50. The number of rotatable bonds is 4. The molecule has 1 aromatic rings. The fraction of sp³-hybridized carbons (Fsp3) is 0.692. The first-order valence-electron chi connectivity index (χ1n) is 6.26. The van der Waals surface area contributed by atoms with E-state index in [0.717, 1.165) is 37.0 Å². The molecule has 0 radical (unpaired) electrons. The van der Waals surface area contributed by atoms with Crippen molar-refractivity contribution in [2.24, 2.45) is 11.3 Å². The maximum absolute atomic E-state index is 10.7.